The highest BCUT2D eigenvalue weighted by Gasteiger charge is 2.34. The number of aryl methyl sites for hydroxylation is 2. The predicted octanol–water partition coefficient (Wildman–Crippen LogP) is 3.37. The first-order valence-electron chi connectivity index (χ1n) is 9.77. The fourth-order valence-electron chi connectivity index (χ4n) is 3.85. The molecule has 5 nitrogen and oxygen atoms in total. The Balaban J connectivity index is 1.78. The number of carbonyl (C=O) groups is 3. The molecule has 3 rings (SSSR count). The number of hydrogen-bond acceptors (Lipinski definition) is 4. The van der Waals surface area contributed by atoms with Gasteiger partial charge in [-0.2, -0.15) is 0 Å². The van der Waals surface area contributed by atoms with Crippen molar-refractivity contribution in [3.63, 3.8) is 0 Å². The number of nitrogens with zero attached hydrogens (tertiary/aromatic N) is 1. The van der Waals surface area contributed by atoms with E-state index in [-0.39, 0.29) is 41.9 Å². The summed E-state index contributed by atoms with van der Waals surface area (Å²) < 4.78 is 0. The number of anilines is 1. The van der Waals surface area contributed by atoms with E-state index in [1.54, 1.807) is 4.90 Å². The van der Waals surface area contributed by atoms with Gasteiger partial charge in [0, 0.05) is 23.9 Å². The van der Waals surface area contributed by atoms with Gasteiger partial charge in [0.1, 0.15) is 6.54 Å². The van der Waals surface area contributed by atoms with Crippen LogP contribution < -0.4 is 10.2 Å². The lowest BCUT2D eigenvalue weighted by atomic mass is 9.95. The molecule has 146 valence electrons. The van der Waals surface area contributed by atoms with Gasteiger partial charge < -0.3 is 10.2 Å². The first kappa shape index (κ1) is 19.9. The summed E-state index contributed by atoms with van der Waals surface area (Å²) in [6.07, 6.45) is 5.80. The van der Waals surface area contributed by atoms with Crippen molar-refractivity contribution < 1.29 is 14.4 Å². The minimum absolute atomic E-state index is 0.00891. The first-order valence-corrected chi connectivity index (χ1v) is 10.8. The molecule has 0 radical (unpaired) electrons. The molecule has 0 spiro atoms. The molecule has 2 aliphatic rings. The van der Waals surface area contributed by atoms with Gasteiger partial charge in [0.05, 0.1) is 5.92 Å². The van der Waals surface area contributed by atoms with Gasteiger partial charge in [0.15, 0.2) is 5.12 Å². The SMILES string of the molecule is Cc1ccc(C)c(N(CC(=O)NC2CCCCC2)C(=O)[C@@H]2CSC(=O)C2)c1. The lowest BCUT2D eigenvalue weighted by Gasteiger charge is -2.28. The zero-order valence-electron chi connectivity index (χ0n) is 16.1. The van der Waals surface area contributed by atoms with E-state index >= 15 is 0 Å². The minimum atomic E-state index is -0.343. The summed E-state index contributed by atoms with van der Waals surface area (Å²) in [7, 11) is 0. The Bertz CT molecular complexity index is 728. The van der Waals surface area contributed by atoms with Crippen LogP contribution in [0, 0.1) is 19.8 Å². The molecule has 1 aromatic carbocycles. The van der Waals surface area contributed by atoms with E-state index in [1.165, 1.54) is 18.2 Å². The highest BCUT2D eigenvalue weighted by molar-refractivity contribution is 8.14. The number of carbonyl (C=O) groups excluding carboxylic acids is 3. The monoisotopic (exact) mass is 388 g/mol. The maximum atomic E-state index is 13.2. The normalized spacial score (nSPS) is 20.5. The second-order valence-electron chi connectivity index (χ2n) is 7.70. The van der Waals surface area contributed by atoms with Crippen LogP contribution in [0.5, 0.6) is 0 Å². The molecule has 1 atom stereocenters. The average Bonchev–Trinajstić information content (AvgIpc) is 3.08. The van der Waals surface area contributed by atoms with E-state index in [0.29, 0.717) is 5.75 Å². The minimum Gasteiger partial charge on any atom is -0.352 e. The Labute approximate surface area is 165 Å². The molecule has 1 saturated carbocycles. The van der Waals surface area contributed by atoms with Crippen LogP contribution in [0.1, 0.15) is 49.7 Å². The smallest absolute Gasteiger partial charge is 0.240 e. The van der Waals surface area contributed by atoms with E-state index < -0.39 is 0 Å². The Morgan fingerprint density at radius 1 is 1.19 bits per heavy atom. The van der Waals surface area contributed by atoms with E-state index in [4.69, 9.17) is 0 Å². The molecule has 0 aromatic heterocycles. The molecule has 1 N–H and O–H groups in total. The average molecular weight is 389 g/mol. The summed E-state index contributed by atoms with van der Waals surface area (Å²) in [4.78, 5) is 39.1. The number of hydrogen-bond donors (Lipinski definition) is 1. The van der Waals surface area contributed by atoms with Crippen LogP contribution in [0.2, 0.25) is 0 Å². The standard InChI is InChI=1S/C21H28N2O3S/c1-14-8-9-15(2)18(10-14)23(21(26)16-11-20(25)27-13-16)12-19(24)22-17-6-4-3-5-7-17/h8-10,16-17H,3-7,11-13H2,1-2H3,(H,22,24)/t16-/m0/s1. The molecule has 1 aliphatic carbocycles. The third kappa shape index (κ3) is 5.12. The van der Waals surface area contributed by atoms with E-state index in [9.17, 15) is 14.4 Å². The fraction of sp³-hybridized carbons (Fsp3) is 0.571. The van der Waals surface area contributed by atoms with E-state index in [0.717, 1.165) is 42.5 Å². The molecule has 27 heavy (non-hydrogen) atoms. The fourth-order valence-corrected chi connectivity index (χ4v) is 4.81. The molecular weight excluding hydrogens is 360 g/mol. The van der Waals surface area contributed by atoms with Crippen molar-refractivity contribution in [2.75, 3.05) is 17.2 Å². The summed E-state index contributed by atoms with van der Waals surface area (Å²) in [5.74, 6) is -0.0811. The van der Waals surface area contributed by atoms with Crippen LogP contribution in [0.25, 0.3) is 0 Å². The third-order valence-electron chi connectivity index (χ3n) is 5.40. The number of thioether (sulfide) groups is 1. The maximum absolute atomic E-state index is 13.2. The van der Waals surface area contributed by atoms with E-state index in [2.05, 4.69) is 5.32 Å². The molecular formula is C21H28N2O3S. The van der Waals surface area contributed by atoms with Gasteiger partial charge in [0.25, 0.3) is 0 Å². The maximum Gasteiger partial charge on any atom is 0.240 e. The lowest BCUT2D eigenvalue weighted by Crippen LogP contribution is -2.46. The number of nitrogens with one attached hydrogen (secondary N) is 1. The number of benzene rings is 1. The van der Waals surface area contributed by atoms with Gasteiger partial charge in [-0.3, -0.25) is 14.4 Å². The molecule has 0 unspecified atom stereocenters. The van der Waals surface area contributed by atoms with Gasteiger partial charge in [-0.15, -0.1) is 0 Å². The molecule has 1 aromatic rings. The van der Waals surface area contributed by atoms with Crippen molar-refractivity contribution in [1.29, 1.82) is 0 Å². The van der Waals surface area contributed by atoms with Crippen molar-refractivity contribution in [1.82, 2.24) is 5.32 Å². The molecule has 6 heteroatoms. The number of amides is 2. The second-order valence-corrected chi connectivity index (χ2v) is 8.78. The molecule has 0 bridgehead atoms. The summed E-state index contributed by atoms with van der Waals surface area (Å²) in [5, 5.41) is 3.16. The number of rotatable bonds is 5. The zero-order valence-corrected chi connectivity index (χ0v) is 16.9. The van der Waals surface area contributed by atoms with Crippen molar-refractivity contribution >= 4 is 34.4 Å². The van der Waals surface area contributed by atoms with Crippen molar-refractivity contribution in [3.8, 4) is 0 Å². The predicted molar refractivity (Wildman–Crippen MR) is 109 cm³/mol. The van der Waals surface area contributed by atoms with Crippen LogP contribution in [0.4, 0.5) is 5.69 Å². The van der Waals surface area contributed by atoms with Crippen LogP contribution in [-0.2, 0) is 14.4 Å². The Morgan fingerprint density at radius 2 is 1.93 bits per heavy atom. The van der Waals surface area contributed by atoms with Crippen molar-refractivity contribution in [2.24, 2.45) is 5.92 Å². The highest BCUT2D eigenvalue weighted by atomic mass is 32.2. The summed E-state index contributed by atoms with van der Waals surface area (Å²) >= 11 is 1.21. The van der Waals surface area contributed by atoms with E-state index in [1.807, 2.05) is 32.0 Å². The molecule has 1 saturated heterocycles. The first-order chi connectivity index (χ1) is 12.9. The van der Waals surface area contributed by atoms with Crippen LogP contribution in [0.3, 0.4) is 0 Å². The van der Waals surface area contributed by atoms with Gasteiger partial charge >= 0.3 is 0 Å². The molecule has 2 amide bonds. The highest BCUT2D eigenvalue weighted by Crippen LogP contribution is 2.30. The van der Waals surface area contributed by atoms with Gasteiger partial charge in [-0.1, -0.05) is 43.2 Å². The summed E-state index contributed by atoms with van der Waals surface area (Å²) in [6.45, 7) is 3.93. The quantitative estimate of drug-likeness (QED) is 0.840. The third-order valence-corrected chi connectivity index (χ3v) is 6.46. The molecule has 1 heterocycles. The second kappa shape index (κ2) is 8.91. The van der Waals surface area contributed by atoms with Gasteiger partial charge in [-0.05, 0) is 43.9 Å². The topological polar surface area (TPSA) is 66.5 Å². The Kier molecular flexibility index (Phi) is 6.58. The zero-order chi connectivity index (χ0) is 19.4. The van der Waals surface area contributed by atoms with Gasteiger partial charge in [-0.25, -0.2) is 0 Å². The molecule has 1 aliphatic heterocycles. The summed E-state index contributed by atoms with van der Waals surface area (Å²) in [5.41, 5.74) is 2.76. The van der Waals surface area contributed by atoms with Crippen LogP contribution in [-0.4, -0.2) is 35.3 Å². The lowest BCUT2D eigenvalue weighted by molar-refractivity contribution is -0.126. The molecule has 2 fully saturated rings. The largest absolute Gasteiger partial charge is 0.352 e. The van der Waals surface area contributed by atoms with Gasteiger partial charge in [0.2, 0.25) is 11.8 Å². The Morgan fingerprint density at radius 3 is 2.59 bits per heavy atom. The van der Waals surface area contributed by atoms with Crippen LogP contribution in [0.15, 0.2) is 18.2 Å². The Hall–Kier alpha value is -1.82. The summed E-state index contributed by atoms with van der Waals surface area (Å²) in [6, 6.07) is 6.13. The van der Waals surface area contributed by atoms with Crippen molar-refractivity contribution in [3.05, 3.63) is 29.3 Å². The van der Waals surface area contributed by atoms with Crippen LogP contribution >= 0.6 is 11.8 Å². The van der Waals surface area contributed by atoms with Crippen molar-refractivity contribution in [2.45, 2.75) is 58.4 Å².